The summed E-state index contributed by atoms with van der Waals surface area (Å²) in [6.07, 6.45) is 13.0. The zero-order valence-electron chi connectivity index (χ0n) is 22.3. The summed E-state index contributed by atoms with van der Waals surface area (Å²) in [5.41, 5.74) is 1.68. The van der Waals surface area contributed by atoms with Crippen LogP contribution in [0.5, 0.6) is 5.88 Å². The van der Waals surface area contributed by atoms with E-state index in [1.54, 1.807) is 0 Å². The summed E-state index contributed by atoms with van der Waals surface area (Å²) in [4.78, 5) is 16.6. The van der Waals surface area contributed by atoms with Gasteiger partial charge in [-0.1, -0.05) is 101 Å². The van der Waals surface area contributed by atoms with Gasteiger partial charge in [-0.05, 0) is 51.9 Å². The summed E-state index contributed by atoms with van der Waals surface area (Å²) in [5.74, 6) is 0.364. The molecule has 0 saturated carbocycles. The number of hydrogen-bond donors (Lipinski definition) is 1. The molecule has 0 bridgehead atoms. The molecule has 6 aromatic rings. The number of benzene rings is 4. The molecule has 0 amide bonds. The van der Waals surface area contributed by atoms with Crippen LogP contribution in [0, 0.1) is 10.4 Å². The molecule has 0 spiro atoms. The van der Waals surface area contributed by atoms with Gasteiger partial charge in [-0.3, -0.25) is 4.79 Å². The van der Waals surface area contributed by atoms with Gasteiger partial charge in [0.1, 0.15) is 0 Å². The fourth-order valence-corrected chi connectivity index (χ4v) is 6.34. The van der Waals surface area contributed by atoms with E-state index in [0.717, 1.165) is 61.4 Å². The van der Waals surface area contributed by atoms with E-state index in [-0.39, 0.29) is 5.56 Å². The zero-order chi connectivity index (χ0) is 26.1. The quantitative estimate of drug-likeness (QED) is 0.180. The van der Waals surface area contributed by atoms with Crippen molar-refractivity contribution >= 4 is 43.4 Å². The Kier molecular flexibility index (Phi) is 6.88. The molecule has 4 heteroatoms. The highest BCUT2D eigenvalue weighted by Gasteiger charge is 2.16. The molecule has 4 nitrogen and oxygen atoms in total. The lowest BCUT2D eigenvalue weighted by atomic mass is 10.00. The molecule has 0 radical (unpaired) electrons. The third-order valence-corrected chi connectivity index (χ3v) is 8.30. The van der Waals surface area contributed by atoms with Crippen molar-refractivity contribution in [2.24, 2.45) is 0 Å². The lowest BCUT2D eigenvalue weighted by Crippen LogP contribution is -1.97. The first-order chi connectivity index (χ1) is 18.7. The number of nitrogens with zero attached hydrogens (tertiary/aromatic N) is 2. The lowest BCUT2D eigenvalue weighted by molar-refractivity contribution is 0.419. The molecule has 0 fully saturated rings. The lowest BCUT2D eigenvalue weighted by Gasteiger charge is -2.08. The van der Waals surface area contributed by atoms with Crippen LogP contribution in [-0.4, -0.2) is 14.7 Å². The second-order valence-electron chi connectivity index (χ2n) is 10.8. The van der Waals surface area contributed by atoms with Crippen molar-refractivity contribution in [3.05, 3.63) is 81.5 Å². The van der Waals surface area contributed by atoms with Crippen molar-refractivity contribution in [2.75, 3.05) is 0 Å². The number of hydrogen-bond acceptors (Lipinski definition) is 3. The number of aryl methyl sites for hydroxylation is 1. The highest BCUT2D eigenvalue weighted by molar-refractivity contribution is 6.13. The standard InChI is InChI=1S/C34H36N2O2/c1-2-3-4-5-6-7-8-9-10-11-22-36-30-21-20-24(26-14-12-16-28(32(26)30)34(36)38)23-18-19-27-31-25(23)15-13-17-29(31)35-33(27)37/h12-21,38H,2-11,22H2,1H3. The van der Waals surface area contributed by atoms with E-state index in [1.165, 1.54) is 57.8 Å². The molecule has 2 heterocycles. The molecule has 0 aliphatic rings. The number of aromatic nitrogens is 2. The Morgan fingerprint density at radius 1 is 0.658 bits per heavy atom. The molecule has 4 aromatic carbocycles. The van der Waals surface area contributed by atoms with Gasteiger partial charge in [-0.25, -0.2) is 4.98 Å². The summed E-state index contributed by atoms with van der Waals surface area (Å²) in [6.45, 7) is 3.10. The van der Waals surface area contributed by atoms with Gasteiger partial charge >= 0.3 is 0 Å². The fraction of sp³-hybridized carbons (Fsp3) is 0.353. The first-order valence-electron chi connectivity index (χ1n) is 14.4. The minimum Gasteiger partial charge on any atom is -0.494 e. The van der Waals surface area contributed by atoms with Gasteiger partial charge in [0.05, 0.1) is 16.4 Å². The van der Waals surface area contributed by atoms with Crippen LogP contribution in [0.3, 0.4) is 0 Å². The Morgan fingerprint density at radius 2 is 1.26 bits per heavy atom. The summed E-state index contributed by atoms with van der Waals surface area (Å²) < 4.78 is 2.09. The molecular formula is C34H36N2O2. The van der Waals surface area contributed by atoms with E-state index < -0.39 is 0 Å². The zero-order valence-corrected chi connectivity index (χ0v) is 22.3. The molecule has 1 N–H and O–H groups in total. The van der Waals surface area contributed by atoms with E-state index in [9.17, 15) is 9.90 Å². The average Bonchev–Trinajstić information content (AvgIpc) is 3.41. The maximum Gasteiger partial charge on any atom is 0.278 e. The molecule has 38 heavy (non-hydrogen) atoms. The molecule has 0 aliphatic heterocycles. The molecule has 0 atom stereocenters. The molecular weight excluding hydrogens is 468 g/mol. The van der Waals surface area contributed by atoms with Gasteiger partial charge in [0.15, 0.2) is 5.88 Å². The fourth-order valence-electron chi connectivity index (χ4n) is 6.34. The number of unbranched alkanes of at least 4 members (excludes halogenated alkanes) is 9. The van der Waals surface area contributed by atoms with Gasteiger partial charge in [0, 0.05) is 22.7 Å². The largest absolute Gasteiger partial charge is 0.494 e. The second kappa shape index (κ2) is 10.6. The van der Waals surface area contributed by atoms with Crippen molar-refractivity contribution < 1.29 is 5.11 Å². The molecule has 6 rings (SSSR count). The van der Waals surface area contributed by atoms with E-state index in [4.69, 9.17) is 0 Å². The topological polar surface area (TPSA) is 55.1 Å². The van der Waals surface area contributed by atoms with Crippen LogP contribution in [0.25, 0.3) is 43.4 Å². The third kappa shape index (κ3) is 4.26. The Labute approximate surface area is 222 Å². The predicted molar refractivity (Wildman–Crippen MR) is 159 cm³/mol. The average molecular weight is 505 g/mol. The van der Waals surface area contributed by atoms with Crippen LogP contribution in [0.1, 0.15) is 71.1 Å². The van der Waals surface area contributed by atoms with Crippen LogP contribution in [0.4, 0.5) is 0 Å². The van der Waals surface area contributed by atoms with Crippen molar-refractivity contribution in [1.29, 1.82) is 0 Å². The minimum atomic E-state index is -0.162. The molecule has 0 aliphatic carbocycles. The molecule has 0 saturated heterocycles. The van der Waals surface area contributed by atoms with Crippen LogP contribution in [0.15, 0.2) is 65.5 Å². The van der Waals surface area contributed by atoms with Gasteiger partial charge in [0.2, 0.25) is 0 Å². The highest BCUT2D eigenvalue weighted by Crippen LogP contribution is 2.37. The van der Waals surface area contributed by atoms with Gasteiger partial charge in [0.25, 0.3) is 5.56 Å². The van der Waals surface area contributed by atoms with E-state index in [0.29, 0.717) is 11.3 Å². The Bertz CT molecular complexity index is 1850. The molecule has 2 aromatic heterocycles. The number of rotatable bonds is 11. The SMILES string of the molecule is CCCCCCCCCCCCn1c(O)c2cccc3c(=c4ccc5c(=O)nc6cccc4c65)ccc1c23. The maximum atomic E-state index is 12.4. The maximum absolute atomic E-state index is 12.4. The van der Waals surface area contributed by atoms with Crippen molar-refractivity contribution in [2.45, 2.75) is 77.7 Å². The van der Waals surface area contributed by atoms with Gasteiger partial charge < -0.3 is 9.67 Å². The minimum absolute atomic E-state index is 0.162. The Balaban J connectivity index is 1.31. The van der Waals surface area contributed by atoms with Crippen LogP contribution in [-0.2, 0) is 6.54 Å². The van der Waals surface area contributed by atoms with Crippen LogP contribution < -0.4 is 5.56 Å². The first-order valence-corrected chi connectivity index (χ1v) is 14.4. The summed E-state index contributed by atoms with van der Waals surface area (Å²) >= 11 is 0. The predicted octanol–water partition coefficient (Wildman–Crippen LogP) is 8.65. The second-order valence-corrected chi connectivity index (χ2v) is 10.8. The van der Waals surface area contributed by atoms with Crippen molar-refractivity contribution in [1.82, 2.24) is 9.55 Å². The van der Waals surface area contributed by atoms with Crippen molar-refractivity contribution in [3.63, 3.8) is 0 Å². The number of aromatic hydroxyl groups is 1. The Morgan fingerprint density at radius 3 is 2.00 bits per heavy atom. The van der Waals surface area contributed by atoms with Crippen LogP contribution in [0.2, 0.25) is 0 Å². The highest BCUT2D eigenvalue weighted by atomic mass is 16.3. The smallest absolute Gasteiger partial charge is 0.278 e. The normalized spacial score (nSPS) is 13.1. The van der Waals surface area contributed by atoms with Crippen LogP contribution >= 0.6 is 0 Å². The summed E-state index contributed by atoms with van der Waals surface area (Å²) in [6, 6.07) is 20.4. The third-order valence-electron chi connectivity index (χ3n) is 8.30. The van der Waals surface area contributed by atoms with Gasteiger partial charge in [-0.2, -0.15) is 0 Å². The first kappa shape index (κ1) is 24.7. The van der Waals surface area contributed by atoms with E-state index in [2.05, 4.69) is 40.7 Å². The summed E-state index contributed by atoms with van der Waals surface area (Å²) in [5, 5.41) is 19.2. The summed E-state index contributed by atoms with van der Waals surface area (Å²) in [7, 11) is 0. The van der Waals surface area contributed by atoms with E-state index in [1.807, 2.05) is 36.4 Å². The van der Waals surface area contributed by atoms with E-state index >= 15 is 0 Å². The monoisotopic (exact) mass is 504 g/mol. The van der Waals surface area contributed by atoms with Gasteiger partial charge in [-0.15, -0.1) is 0 Å². The Hall–Kier alpha value is -3.66. The van der Waals surface area contributed by atoms with Crippen molar-refractivity contribution in [3.8, 4) is 5.88 Å². The molecule has 194 valence electrons. The molecule has 0 unspecified atom stereocenters.